The summed E-state index contributed by atoms with van der Waals surface area (Å²) in [6.45, 7) is 11.9. The third kappa shape index (κ3) is 9.42. The van der Waals surface area contributed by atoms with Gasteiger partial charge < -0.3 is 15.4 Å². The number of hydrogen-bond acceptors (Lipinski definition) is 3. The Labute approximate surface area is 112 Å². The second-order valence-electron chi connectivity index (χ2n) is 5.97. The molecule has 1 amide bonds. The van der Waals surface area contributed by atoms with Crippen molar-refractivity contribution in [1.82, 2.24) is 10.6 Å². The summed E-state index contributed by atoms with van der Waals surface area (Å²) in [5.41, 5.74) is -0.119. The van der Waals surface area contributed by atoms with Crippen molar-refractivity contribution >= 4 is 5.91 Å². The second kappa shape index (κ2) is 8.48. The quantitative estimate of drug-likeness (QED) is 0.664. The van der Waals surface area contributed by atoms with Crippen LogP contribution in [0.2, 0.25) is 0 Å². The summed E-state index contributed by atoms with van der Waals surface area (Å²) >= 11 is 0. The van der Waals surface area contributed by atoms with Crippen LogP contribution in [-0.4, -0.2) is 37.7 Å². The van der Waals surface area contributed by atoms with E-state index >= 15 is 0 Å². The highest BCUT2D eigenvalue weighted by molar-refractivity contribution is 5.76. The lowest BCUT2D eigenvalue weighted by atomic mass is 10.00. The first kappa shape index (κ1) is 17.4. The minimum Gasteiger partial charge on any atom is -0.379 e. The van der Waals surface area contributed by atoms with E-state index in [1.54, 1.807) is 7.11 Å². The van der Waals surface area contributed by atoms with Crippen molar-refractivity contribution in [3.63, 3.8) is 0 Å². The molecule has 18 heavy (non-hydrogen) atoms. The summed E-state index contributed by atoms with van der Waals surface area (Å²) in [5, 5.41) is 6.26. The summed E-state index contributed by atoms with van der Waals surface area (Å²) < 4.78 is 5.38. The normalized spacial score (nSPS) is 13.7. The van der Waals surface area contributed by atoms with Crippen LogP contribution in [0.1, 0.15) is 47.5 Å². The van der Waals surface area contributed by atoms with Gasteiger partial charge in [0.2, 0.25) is 5.91 Å². The first-order valence-electron chi connectivity index (χ1n) is 6.82. The largest absolute Gasteiger partial charge is 0.379 e. The molecule has 0 spiro atoms. The van der Waals surface area contributed by atoms with Crippen LogP contribution in [0.15, 0.2) is 0 Å². The van der Waals surface area contributed by atoms with Gasteiger partial charge in [0.05, 0.1) is 5.60 Å². The lowest BCUT2D eigenvalue weighted by Crippen LogP contribution is -2.38. The smallest absolute Gasteiger partial charge is 0.221 e. The van der Waals surface area contributed by atoms with E-state index < -0.39 is 0 Å². The van der Waals surface area contributed by atoms with Gasteiger partial charge in [-0.1, -0.05) is 13.8 Å². The summed E-state index contributed by atoms with van der Waals surface area (Å²) in [6.07, 6.45) is 1.46. The van der Waals surface area contributed by atoms with Gasteiger partial charge in [0, 0.05) is 32.7 Å². The van der Waals surface area contributed by atoms with Crippen LogP contribution in [0.5, 0.6) is 0 Å². The standard InChI is InChI=1S/C14H30N2O2/c1-11(2)10-16-13(17)7-8-15-12(3)9-14(4,5)18-6/h11-12,15H,7-10H2,1-6H3,(H,16,17). The molecule has 0 radical (unpaired) electrons. The Morgan fingerprint density at radius 3 is 2.39 bits per heavy atom. The summed E-state index contributed by atoms with van der Waals surface area (Å²) in [6, 6.07) is 0.345. The van der Waals surface area contributed by atoms with Crippen molar-refractivity contribution in [2.45, 2.75) is 59.1 Å². The molecule has 1 unspecified atom stereocenters. The molecule has 4 heteroatoms. The Bertz CT molecular complexity index is 240. The van der Waals surface area contributed by atoms with Crippen LogP contribution in [0.3, 0.4) is 0 Å². The van der Waals surface area contributed by atoms with Gasteiger partial charge in [-0.15, -0.1) is 0 Å². The van der Waals surface area contributed by atoms with Crippen LogP contribution >= 0.6 is 0 Å². The van der Waals surface area contributed by atoms with E-state index in [-0.39, 0.29) is 11.5 Å². The molecule has 0 fully saturated rings. The maximum absolute atomic E-state index is 11.5. The number of methoxy groups -OCH3 is 1. The number of carbonyl (C=O) groups is 1. The molecule has 0 aromatic heterocycles. The van der Waals surface area contributed by atoms with Gasteiger partial charge >= 0.3 is 0 Å². The number of ether oxygens (including phenoxy) is 1. The highest BCUT2D eigenvalue weighted by Crippen LogP contribution is 2.15. The first-order chi connectivity index (χ1) is 8.26. The van der Waals surface area contributed by atoms with Crippen molar-refractivity contribution in [2.24, 2.45) is 5.92 Å². The van der Waals surface area contributed by atoms with E-state index in [0.717, 1.165) is 13.0 Å². The number of nitrogens with one attached hydrogen (secondary N) is 2. The predicted molar refractivity (Wildman–Crippen MR) is 75.6 cm³/mol. The van der Waals surface area contributed by atoms with Gasteiger partial charge in [-0.05, 0) is 33.1 Å². The van der Waals surface area contributed by atoms with E-state index in [1.807, 2.05) is 0 Å². The fourth-order valence-electron chi connectivity index (χ4n) is 1.73. The summed E-state index contributed by atoms with van der Waals surface area (Å²) in [5.74, 6) is 0.623. The molecule has 4 nitrogen and oxygen atoms in total. The van der Waals surface area contributed by atoms with Crippen LogP contribution in [0.25, 0.3) is 0 Å². The molecule has 1 atom stereocenters. The summed E-state index contributed by atoms with van der Waals surface area (Å²) in [7, 11) is 1.73. The monoisotopic (exact) mass is 258 g/mol. The molecule has 0 saturated heterocycles. The number of rotatable bonds is 9. The fourth-order valence-corrected chi connectivity index (χ4v) is 1.73. The van der Waals surface area contributed by atoms with Gasteiger partial charge in [-0.2, -0.15) is 0 Å². The molecule has 0 aliphatic heterocycles. The lowest BCUT2D eigenvalue weighted by molar-refractivity contribution is -0.121. The maximum atomic E-state index is 11.5. The SMILES string of the molecule is COC(C)(C)CC(C)NCCC(=O)NCC(C)C. The Morgan fingerprint density at radius 2 is 1.89 bits per heavy atom. The topological polar surface area (TPSA) is 50.4 Å². The van der Waals surface area contributed by atoms with Crippen molar-refractivity contribution < 1.29 is 9.53 Å². The van der Waals surface area contributed by atoms with Crippen LogP contribution in [0, 0.1) is 5.92 Å². The van der Waals surface area contributed by atoms with Gasteiger partial charge in [0.15, 0.2) is 0 Å². The van der Waals surface area contributed by atoms with Crippen molar-refractivity contribution in [2.75, 3.05) is 20.2 Å². The Hall–Kier alpha value is -0.610. The minimum atomic E-state index is -0.119. The third-order valence-corrected chi connectivity index (χ3v) is 2.90. The third-order valence-electron chi connectivity index (χ3n) is 2.90. The molecule has 0 aromatic carbocycles. The Kier molecular flexibility index (Phi) is 8.20. The lowest BCUT2D eigenvalue weighted by Gasteiger charge is -2.27. The van der Waals surface area contributed by atoms with Gasteiger partial charge in [-0.25, -0.2) is 0 Å². The van der Waals surface area contributed by atoms with Crippen LogP contribution < -0.4 is 10.6 Å². The van der Waals surface area contributed by atoms with E-state index in [9.17, 15) is 4.79 Å². The average Bonchev–Trinajstić information content (AvgIpc) is 2.25. The molecule has 0 bridgehead atoms. The van der Waals surface area contributed by atoms with Gasteiger partial charge in [0.1, 0.15) is 0 Å². The second-order valence-corrected chi connectivity index (χ2v) is 5.97. The highest BCUT2D eigenvalue weighted by Gasteiger charge is 2.19. The molecule has 0 aliphatic rings. The molecule has 0 rings (SSSR count). The minimum absolute atomic E-state index is 0.119. The van der Waals surface area contributed by atoms with Crippen LogP contribution in [-0.2, 0) is 9.53 Å². The molecular formula is C14H30N2O2. The Morgan fingerprint density at radius 1 is 1.28 bits per heavy atom. The molecule has 2 N–H and O–H groups in total. The van der Waals surface area contributed by atoms with Gasteiger partial charge in [0.25, 0.3) is 0 Å². The van der Waals surface area contributed by atoms with E-state index in [0.29, 0.717) is 24.9 Å². The summed E-state index contributed by atoms with van der Waals surface area (Å²) in [4.78, 5) is 11.5. The first-order valence-corrected chi connectivity index (χ1v) is 6.82. The molecule has 0 aliphatic carbocycles. The zero-order valence-electron chi connectivity index (χ0n) is 12.8. The van der Waals surface area contributed by atoms with E-state index in [2.05, 4.69) is 45.3 Å². The van der Waals surface area contributed by atoms with Crippen LogP contribution in [0.4, 0.5) is 0 Å². The zero-order chi connectivity index (χ0) is 14.2. The fraction of sp³-hybridized carbons (Fsp3) is 0.929. The molecule has 0 saturated carbocycles. The molecular weight excluding hydrogens is 228 g/mol. The van der Waals surface area contributed by atoms with Crippen molar-refractivity contribution in [1.29, 1.82) is 0 Å². The van der Waals surface area contributed by atoms with Gasteiger partial charge in [-0.3, -0.25) is 4.79 Å². The van der Waals surface area contributed by atoms with Crippen molar-refractivity contribution in [3.05, 3.63) is 0 Å². The number of hydrogen-bond donors (Lipinski definition) is 2. The van der Waals surface area contributed by atoms with Crippen molar-refractivity contribution in [3.8, 4) is 0 Å². The maximum Gasteiger partial charge on any atom is 0.221 e. The molecule has 0 heterocycles. The highest BCUT2D eigenvalue weighted by atomic mass is 16.5. The number of carbonyl (C=O) groups excluding carboxylic acids is 1. The molecule has 108 valence electrons. The Balaban J connectivity index is 3.68. The number of amides is 1. The zero-order valence-corrected chi connectivity index (χ0v) is 12.8. The van der Waals surface area contributed by atoms with E-state index in [1.165, 1.54) is 0 Å². The predicted octanol–water partition coefficient (Wildman–Crippen LogP) is 1.94. The average molecular weight is 258 g/mol. The molecule has 0 aromatic rings. The van der Waals surface area contributed by atoms with E-state index in [4.69, 9.17) is 4.74 Å².